The Labute approximate surface area is 230 Å². The maximum Gasteiger partial charge on any atom is 0.410 e. The number of ether oxygens (including phenoxy) is 1. The van der Waals surface area contributed by atoms with Gasteiger partial charge in [0, 0.05) is 55.9 Å². The minimum Gasteiger partial charge on any atom is -0.443 e. The maximum absolute atomic E-state index is 13.0. The molecule has 0 saturated carbocycles. The van der Waals surface area contributed by atoms with Gasteiger partial charge in [-0.3, -0.25) is 9.69 Å². The van der Waals surface area contributed by atoms with Gasteiger partial charge in [-0.15, -0.1) is 5.10 Å². The van der Waals surface area contributed by atoms with E-state index in [2.05, 4.69) is 25.2 Å². The smallest absolute Gasteiger partial charge is 0.410 e. The molecule has 0 bridgehead atoms. The molecule has 0 aliphatic carbocycles. The molecular weight excluding hydrogens is 520 g/mol. The third-order valence-electron chi connectivity index (χ3n) is 7.48. The van der Waals surface area contributed by atoms with Crippen molar-refractivity contribution in [2.24, 2.45) is 0 Å². The van der Waals surface area contributed by atoms with E-state index in [9.17, 15) is 9.59 Å². The number of carbonyl (C=O) groups excluding carboxylic acids is 2. The molecule has 2 aromatic carbocycles. The SMILES string of the molecule is O=C(OCc1cn(-c2ccc(Cl)cc2)nn1)N1CCN(C2CCN(C(=O)c3ccc4nc[nH]c4c3)CC2)CC1. The predicted molar refractivity (Wildman–Crippen MR) is 145 cm³/mol. The molecule has 2 aliphatic rings. The summed E-state index contributed by atoms with van der Waals surface area (Å²) in [6.45, 7) is 4.31. The molecule has 0 atom stereocenters. The molecule has 0 unspecified atom stereocenters. The highest BCUT2D eigenvalue weighted by atomic mass is 35.5. The van der Waals surface area contributed by atoms with E-state index in [-0.39, 0.29) is 18.6 Å². The second kappa shape index (κ2) is 11.0. The highest BCUT2D eigenvalue weighted by Crippen LogP contribution is 2.21. The van der Waals surface area contributed by atoms with E-state index < -0.39 is 0 Å². The van der Waals surface area contributed by atoms with Crippen LogP contribution < -0.4 is 0 Å². The number of piperidine rings is 1. The van der Waals surface area contributed by atoms with Crippen LogP contribution in [0.15, 0.2) is 55.0 Å². The van der Waals surface area contributed by atoms with Gasteiger partial charge in [0.2, 0.25) is 0 Å². The van der Waals surface area contributed by atoms with Crippen molar-refractivity contribution in [3.05, 3.63) is 71.3 Å². The summed E-state index contributed by atoms with van der Waals surface area (Å²) in [5.41, 5.74) is 3.81. The number of fused-ring (bicyclic) bond motifs is 1. The normalized spacial score (nSPS) is 17.1. The molecule has 4 heterocycles. The lowest BCUT2D eigenvalue weighted by molar-refractivity contribution is 0.0391. The topological polar surface area (TPSA) is 112 Å². The molecule has 2 aromatic heterocycles. The van der Waals surface area contributed by atoms with Crippen molar-refractivity contribution >= 4 is 34.6 Å². The number of benzene rings is 2. The summed E-state index contributed by atoms with van der Waals surface area (Å²) in [7, 11) is 0. The first kappa shape index (κ1) is 25.3. The molecular formula is C27H29ClN8O3. The van der Waals surface area contributed by atoms with Gasteiger partial charge in [-0.25, -0.2) is 14.5 Å². The number of amides is 2. The van der Waals surface area contributed by atoms with Crippen LogP contribution >= 0.6 is 11.6 Å². The Balaban J connectivity index is 0.941. The number of imidazole rings is 1. The first-order valence-electron chi connectivity index (χ1n) is 13.1. The summed E-state index contributed by atoms with van der Waals surface area (Å²) in [6, 6.07) is 13.2. The molecule has 1 N–H and O–H groups in total. The van der Waals surface area contributed by atoms with Gasteiger partial charge in [0.15, 0.2) is 0 Å². The van der Waals surface area contributed by atoms with Crippen molar-refractivity contribution in [2.45, 2.75) is 25.5 Å². The lowest BCUT2D eigenvalue weighted by atomic mass is 10.0. The van der Waals surface area contributed by atoms with E-state index in [0.717, 1.165) is 55.7 Å². The highest BCUT2D eigenvalue weighted by Gasteiger charge is 2.31. The van der Waals surface area contributed by atoms with Gasteiger partial charge in [0.05, 0.1) is 29.2 Å². The lowest BCUT2D eigenvalue weighted by Gasteiger charge is -2.42. The summed E-state index contributed by atoms with van der Waals surface area (Å²) >= 11 is 5.94. The molecule has 12 heteroatoms. The van der Waals surface area contributed by atoms with E-state index in [0.29, 0.717) is 35.4 Å². The van der Waals surface area contributed by atoms with E-state index in [1.54, 1.807) is 34.2 Å². The highest BCUT2D eigenvalue weighted by molar-refractivity contribution is 6.30. The lowest BCUT2D eigenvalue weighted by Crippen LogP contribution is -2.54. The van der Waals surface area contributed by atoms with Gasteiger partial charge in [-0.1, -0.05) is 16.8 Å². The van der Waals surface area contributed by atoms with Crippen LogP contribution in [0.25, 0.3) is 16.7 Å². The molecule has 2 fully saturated rings. The minimum atomic E-state index is -0.342. The molecule has 0 spiro atoms. The van der Waals surface area contributed by atoms with E-state index in [1.807, 2.05) is 35.2 Å². The van der Waals surface area contributed by atoms with Gasteiger partial charge in [0.1, 0.15) is 12.3 Å². The van der Waals surface area contributed by atoms with Gasteiger partial charge in [-0.05, 0) is 55.3 Å². The van der Waals surface area contributed by atoms with E-state index in [1.165, 1.54) is 0 Å². The number of hydrogen-bond acceptors (Lipinski definition) is 7. The molecule has 4 aromatic rings. The minimum absolute atomic E-state index is 0.0608. The number of hydrogen-bond donors (Lipinski definition) is 1. The zero-order valence-electron chi connectivity index (χ0n) is 21.4. The van der Waals surface area contributed by atoms with Crippen molar-refractivity contribution in [3.63, 3.8) is 0 Å². The number of likely N-dealkylation sites (tertiary alicyclic amines) is 1. The number of aromatic amines is 1. The van der Waals surface area contributed by atoms with Crippen molar-refractivity contribution in [1.82, 2.24) is 39.7 Å². The Hall–Kier alpha value is -3.96. The van der Waals surface area contributed by atoms with Crippen LogP contribution in [-0.2, 0) is 11.3 Å². The van der Waals surface area contributed by atoms with Crippen molar-refractivity contribution in [3.8, 4) is 5.69 Å². The fourth-order valence-electron chi connectivity index (χ4n) is 5.27. The first-order chi connectivity index (χ1) is 19.0. The molecule has 39 heavy (non-hydrogen) atoms. The predicted octanol–water partition coefficient (Wildman–Crippen LogP) is 3.36. The number of H-pyrrole nitrogens is 1. The monoisotopic (exact) mass is 548 g/mol. The van der Waals surface area contributed by atoms with Crippen molar-refractivity contribution in [1.29, 1.82) is 0 Å². The second-order valence-corrected chi connectivity index (χ2v) is 10.3. The number of piperazine rings is 1. The summed E-state index contributed by atoms with van der Waals surface area (Å²) in [6.07, 6.45) is 4.88. The number of aromatic nitrogens is 5. The molecule has 6 rings (SSSR count). The zero-order chi connectivity index (χ0) is 26.8. The summed E-state index contributed by atoms with van der Waals surface area (Å²) < 4.78 is 7.12. The molecule has 11 nitrogen and oxygen atoms in total. The average molecular weight is 549 g/mol. The van der Waals surface area contributed by atoms with E-state index in [4.69, 9.17) is 16.3 Å². The summed E-state index contributed by atoms with van der Waals surface area (Å²) in [5, 5.41) is 8.84. The Morgan fingerprint density at radius 2 is 1.74 bits per heavy atom. The number of rotatable bonds is 5. The Morgan fingerprint density at radius 3 is 2.51 bits per heavy atom. The third-order valence-corrected chi connectivity index (χ3v) is 7.74. The largest absolute Gasteiger partial charge is 0.443 e. The third kappa shape index (κ3) is 5.59. The first-order valence-corrected chi connectivity index (χ1v) is 13.5. The molecule has 0 radical (unpaired) electrons. The number of halogens is 1. The van der Waals surface area contributed by atoms with Crippen LogP contribution in [0.4, 0.5) is 4.79 Å². The number of carbonyl (C=O) groups is 2. The fraction of sp³-hybridized carbons (Fsp3) is 0.370. The van der Waals surface area contributed by atoms with Crippen LogP contribution in [0.3, 0.4) is 0 Å². The second-order valence-electron chi connectivity index (χ2n) is 9.87. The average Bonchev–Trinajstić information content (AvgIpc) is 3.66. The molecule has 202 valence electrons. The Kier molecular flexibility index (Phi) is 7.16. The van der Waals surface area contributed by atoms with Gasteiger partial charge in [-0.2, -0.15) is 0 Å². The van der Waals surface area contributed by atoms with Crippen molar-refractivity contribution in [2.75, 3.05) is 39.3 Å². The zero-order valence-corrected chi connectivity index (χ0v) is 22.1. The number of nitrogens with zero attached hydrogens (tertiary/aromatic N) is 7. The molecule has 2 amide bonds. The van der Waals surface area contributed by atoms with Gasteiger partial charge < -0.3 is 19.5 Å². The van der Waals surface area contributed by atoms with Crippen molar-refractivity contribution < 1.29 is 14.3 Å². The van der Waals surface area contributed by atoms with Gasteiger partial charge in [0.25, 0.3) is 5.91 Å². The fourth-order valence-corrected chi connectivity index (χ4v) is 5.39. The maximum atomic E-state index is 13.0. The quantitative estimate of drug-likeness (QED) is 0.407. The number of nitrogens with one attached hydrogen (secondary N) is 1. The van der Waals surface area contributed by atoms with Gasteiger partial charge >= 0.3 is 6.09 Å². The summed E-state index contributed by atoms with van der Waals surface area (Å²) in [5.74, 6) is 0.0608. The van der Waals surface area contributed by atoms with Crippen LogP contribution in [0.2, 0.25) is 5.02 Å². The van der Waals surface area contributed by atoms with E-state index >= 15 is 0 Å². The summed E-state index contributed by atoms with van der Waals surface area (Å²) in [4.78, 5) is 39.1. The van der Waals surface area contributed by atoms with Crippen LogP contribution in [-0.4, -0.2) is 97.0 Å². The Morgan fingerprint density at radius 1 is 0.974 bits per heavy atom. The van der Waals surface area contributed by atoms with Crippen LogP contribution in [0.1, 0.15) is 28.9 Å². The van der Waals surface area contributed by atoms with Crippen LogP contribution in [0, 0.1) is 0 Å². The Bertz CT molecular complexity index is 1450. The molecule has 2 saturated heterocycles. The molecule has 2 aliphatic heterocycles. The standard InChI is InChI=1S/C27H29ClN8O3/c28-20-2-4-23(5-3-20)36-16-21(31-32-36)17-39-27(38)35-13-11-33(12-14-35)22-7-9-34(10-8-22)26(37)19-1-6-24-25(15-19)30-18-29-24/h1-6,15-16,18,22H,7-14,17H2,(H,29,30). The van der Waals surface area contributed by atoms with Crippen LogP contribution in [0.5, 0.6) is 0 Å².